The van der Waals surface area contributed by atoms with Crippen molar-refractivity contribution < 1.29 is 27.0 Å². The summed E-state index contributed by atoms with van der Waals surface area (Å²) in [7, 11) is -0.865. The largest absolute Gasteiger partial charge is 0.415 e. The molecule has 4 rings (SSSR count). The van der Waals surface area contributed by atoms with E-state index in [1.807, 2.05) is 39.0 Å². The van der Waals surface area contributed by atoms with Gasteiger partial charge in [0.15, 0.2) is 0 Å². The van der Waals surface area contributed by atoms with Gasteiger partial charge < -0.3 is 4.42 Å². The molecule has 1 unspecified atom stereocenters. The summed E-state index contributed by atoms with van der Waals surface area (Å²) in [6, 6.07) is 8.76. The van der Waals surface area contributed by atoms with E-state index in [4.69, 9.17) is 4.42 Å². The van der Waals surface area contributed by atoms with Crippen molar-refractivity contribution in [1.29, 1.82) is 0 Å². The van der Waals surface area contributed by atoms with E-state index in [9.17, 15) is 22.6 Å². The molecule has 3 aromatic rings. The van der Waals surface area contributed by atoms with Crippen molar-refractivity contribution in [2.45, 2.75) is 45.6 Å². The molecule has 2 aromatic heterocycles. The number of pyridine rings is 1. The van der Waals surface area contributed by atoms with E-state index in [2.05, 4.69) is 15.2 Å². The van der Waals surface area contributed by atoms with Crippen molar-refractivity contribution in [3.63, 3.8) is 0 Å². The first-order valence-corrected chi connectivity index (χ1v) is 13.1. The molecule has 1 aliphatic rings. The van der Waals surface area contributed by atoms with Crippen molar-refractivity contribution >= 4 is 28.7 Å². The van der Waals surface area contributed by atoms with E-state index in [-0.39, 0.29) is 17.9 Å². The van der Waals surface area contributed by atoms with Gasteiger partial charge >= 0.3 is 6.43 Å². The fourth-order valence-corrected chi connectivity index (χ4v) is 5.01. The fraction of sp³-hybridized carbons (Fsp3) is 0.346. The predicted molar refractivity (Wildman–Crippen MR) is 134 cm³/mol. The van der Waals surface area contributed by atoms with Gasteiger partial charge in [0.25, 0.3) is 11.8 Å². The summed E-state index contributed by atoms with van der Waals surface area (Å²) >= 11 is 0. The van der Waals surface area contributed by atoms with Crippen LogP contribution in [0.5, 0.6) is 0 Å². The number of alkyl halides is 2. The zero-order valence-corrected chi connectivity index (χ0v) is 21.4. The van der Waals surface area contributed by atoms with Crippen LogP contribution < -0.4 is 0 Å². The minimum absolute atomic E-state index is 0.0930. The van der Waals surface area contributed by atoms with Crippen LogP contribution in [-0.2, 0) is 27.6 Å². The quantitative estimate of drug-likeness (QED) is 0.409. The highest BCUT2D eigenvalue weighted by Gasteiger charge is 2.27. The number of aromatic nitrogens is 3. The Bertz CT molecular complexity index is 1360. The lowest BCUT2D eigenvalue weighted by molar-refractivity contribution is -0.116. The van der Waals surface area contributed by atoms with Crippen LogP contribution in [0.2, 0.25) is 0 Å². The maximum Gasteiger partial charge on any atom is 0.314 e. The van der Waals surface area contributed by atoms with Gasteiger partial charge in [-0.3, -0.25) is 23.7 Å². The molecule has 1 aliphatic heterocycles. The first-order valence-electron chi connectivity index (χ1n) is 11.6. The summed E-state index contributed by atoms with van der Waals surface area (Å²) in [5.41, 5.74) is 3.47. The van der Waals surface area contributed by atoms with Crippen LogP contribution in [0.1, 0.15) is 66.7 Å². The Hall–Kier alpha value is -3.60. The SMILES string of the molecule is CC(C)(C)c1ccc(C2=CCS(=O)CC2)cc1C(=O)N(C=O)Cc1ccc(-c2nnc(C(F)F)o2)cn1. The minimum atomic E-state index is -2.88. The molecule has 0 saturated heterocycles. The maximum absolute atomic E-state index is 13.6. The zero-order valence-electron chi connectivity index (χ0n) is 20.6. The molecule has 3 heterocycles. The number of allylic oxidation sites excluding steroid dienone is 1. The van der Waals surface area contributed by atoms with Gasteiger partial charge in [0.2, 0.25) is 12.3 Å². The van der Waals surface area contributed by atoms with Crippen molar-refractivity contribution in [3.8, 4) is 11.5 Å². The number of carbonyl (C=O) groups excluding carboxylic acids is 2. The molecule has 8 nitrogen and oxygen atoms in total. The van der Waals surface area contributed by atoms with E-state index in [0.29, 0.717) is 41.2 Å². The monoisotopic (exact) mass is 528 g/mol. The number of nitrogens with zero attached hydrogens (tertiary/aromatic N) is 4. The minimum Gasteiger partial charge on any atom is -0.415 e. The van der Waals surface area contributed by atoms with Gasteiger partial charge in [0, 0.05) is 34.1 Å². The van der Waals surface area contributed by atoms with Crippen molar-refractivity contribution in [2.75, 3.05) is 11.5 Å². The summed E-state index contributed by atoms with van der Waals surface area (Å²) in [6.45, 7) is 5.88. The smallest absolute Gasteiger partial charge is 0.314 e. The van der Waals surface area contributed by atoms with Crippen LogP contribution >= 0.6 is 0 Å². The number of amides is 2. The molecule has 1 aromatic carbocycles. The van der Waals surface area contributed by atoms with Crippen LogP contribution in [-0.4, -0.2) is 48.1 Å². The number of halogens is 2. The van der Waals surface area contributed by atoms with Crippen LogP contribution in [0.4, 0.5) is 8.78 Å². The summed E-state index contributed by atoms with van der Waals surface area (Å²) in [5.74, 6) is -0.303. The summed E-state index contributed by atoms with van der Waals surface area (Å²) in [5, 5.41) is 6.88. The highest BCUT2D eigenvalue weighted by Crippen LogP contribution is 2.31. The number of hydrogen-bond acceptors (Lipinski definition) is 7. The lowest BCUT2D eigenvalue weighted by Gasteiger charge is -2.26. The third kappa shape index (κ3) is 6.04. The first-order chi connectivity index (χ1) is 17.6. The molecule has 0 fully saturated rings. The van der Waals surface area contributed by atoms with Crippen LogP contribution in [0, 0.1) is 0 Å². The van der Waals surface area contributed by atoms with E-state index in [0.717, 1.165) is 21.6 Å². The van der Waals surface area contributed by atoms with Crippen LogP contribution in [0.15, 0.2) is 47.0 Å². The average Bonchev–Trinajstić information content (AvgIpc) is 3.38. The Labute approximate surface area is 215 Å². The van der Waals surface area contributed by atoms with Crippen molar-refractivity contribution in [3.05, 3.63) is 70.9 Å². The highest BCUT2D eigenvalue weighted by molar-refractivity contribution is 7.85. The number of imide groups is 1. The van der Waals surface area contributed by atoms with Gasteiger partial charge in [-0.05, 0) is 46.7 Å². The van der Waals surface area contributed by atoms with Crippen molar-refractivity contribution in [2.24, 2.45) is 0 Å². The number of rotatable bonds is 7. The topological polar surface area (TPSA) is 106 Å². The Balaban J connectivity index is 1.59. The second-order valence-corrected chi connectivity index (χ2v) is 11.2. The molecule has 0 saturated carbocycles. The molecule has 0 spiro atoms. The number of carbonyl (C=O) groups is 2. The molecule has 194 valence electrons. The highest BCUT2D eigenvalue weighted by atomic mass is 32.2. The van der Waals surface area contributed by atoms with Gasteiger partial charge in [0.1, 0.15) is 0 Å². The molecule has 0 radical (unpaired) electrons. The second kappa shape index (κ2) is 10.8. The van der Waals surface area contributed by atoms with Gasteiger partial charge in [-0.2, -0.15) is 8.78 Å². The summed E-state index contributed by atoms with van der Waals surface area (Å²) in [4.78, 5) is 30.9. The second-order valence-electron chi connectivity index (χ2n) is 9.62. The van der Waals surface area contributed by atoms with E-state index >= 15 is 0 Å². The molecule has 37 heavy (non-hydrogen) atoms. The Kier molecular flexibility index (Phi) is 7.72. The van der Waals surface area contributed by atoms with Gasteiger partial charge in [-0.1, -0.05) is 39.0 Å². The molecule has 0 N–H and O–H groups in total. The van der Waals surface area contributed by atoms with Crippen LogP contribution in [0.25, 0.3) is 17.0 Å². The molecule has 1 atom stereocenters. The molecule has 0 aliphatic carbocycles. The Morgan fingerprint density at radius 3 is 2.51 bits per heavy atom. The molecule has 2 amide bonds. The van der Waals surface area contributed by atoms with E-state index < -0.39 is 29.0 Å². The lowest BCUT2D eigenvalue weighted by Crippen LogP contribution is -2.32. The first kappa shape index (κ1) is 26.5. The molecular weight excluding hydrogens is 502 g/mol. The third-order valence-corrected chi connectivity index (χ3v) is 7.16. The van der Waals surface area contributed by atoms with Crippen molar-refractivity contribution in [1.82, 2.24) is 20.1 Å². The maximum atomic E-state index is 13.6. The summed E-state index contributed by atoms with van der Waals surface area (Å²) in [6.07, 6.45) is 1.53. The number of hydrogen-bond donors (Lipinski definition) is 0. The molecule has 0 bridgehead atoms. The normalized spacial score (nSPS) is 15.9. The third-order valence-electron chi connectivity index (χ3n) is 5.96. The Morgan fingerprint density at radius 2 is 1.95 bits per heavy atom. The Morgan fingerprint density at radius 1 is 1.19 bits per heavy atom. The van der Waals surface area contributed by atoms with Gasteiger partial charge in [0.05, 0.1) is 17.8 Å². The lowest BCUT2D eigenvalue weighted by atomic mass is 9.82. The number of benzene rings is 1. The molecular formula is C26H26F2N4O4S. The summed E-state index contributed by atoms with van der Waals surface area (Å²) < 4.78 is 42.1. The van der Waals surface area contributed by atoms with Gasteiger partial charge in [-0.25, -0.2) is 0 Å². The standard InChI is InChI=1S/C26H26F2N4O4S/c1-26(2,3)21-7-5-17(16-8-10-37(35)11-9-16)12-20(21)25(34)32(15-33)14-19-6-4-18(13-29-19)23-30-31-24(36-23)22(27)28/h4-8,12-13,15,22H,9-11,14H2,1-3H3. The van der Waals surface area contributed by atoms with E-state index in [1.54, 1.807) is 18.2 Å². The zero-order chi connectivity index (χ0) is 26.7. The molecule has 11 heteroatoms. The van der Waals surface area contributed by atoms with E-state index in [1.165, 1.54) is 6.20 Å². The van der Waals surface area contributed by atoms with Gasteiger partial charge in [-0.15, -0.1) is 10.2 Å². The predicted octanol–water partition coefficient (Wildman–Crippen LogP) is 4.70. The average molecular weight is 529 g/mol. The van der Waals surface area contributed by atoms with Crippen LogP contribution in [0.3, 0.4) is 0 Å². The fourth-order valence-electron chi connectivity index (χ4n) is 4.01.